The average Bonchev–Trinajstić information content (AvgIpc) is 2.77. The van der Waals surface area contributed by atoms with Crippen molar-refractivity contribution in [1.82, 2.24) is 5.32 Å². The number of aryl methyl sites for hydroxylation is 3. The highest BCUT2D eigenvalue weighted by Crippen LogP contribution is 2.24. The molecule has 0 saturated heterocycles. The lowest BCUT2D eigenvalue weighted by atomic mass is 10.0. The van der Waals surface area contributed by atoms with E-state index in [4.69, 9.17) is 11.6 Å². The van der Waals surface area contributed by atoms with Gasteiger partial charge in [0.15, 0.2) is 0 Å². The molecule has 5 nitrogen and oxygen atoms in total. The predicted octanol–water partition coefficient (Wildman–Crippen LogP) is 5.50. The summed E-state index contributed by atoms with van der Waals surface area (Å²) in [4.78, 5) is 12.9. The van der Waals surface area contributed by atoms with Gasteiger partial charge in [0.1, 0.15) is 0 Å². The van der Waals surface area contributed by atoms with E-state index in [-0.39, 0.29) is 27.1 Å². The maximum absolute atomic E-state index is 12.7. The molecule has 0 radical (unpaired) electrons. The fourth-order valence-electron chi connectivity index (χ4n) is 3.37. The highest BCUT2D eigenvalue weighted by atomic mass is 35.5. The number of hydrogen-bond acceptors (Lipinski definition) is 3. The van der Waals surface area contributed by atoms with E-state index in [1.807, 2.05) is 6.92 Å². The summed E-state index contributed by atoms with van der Waals surface area (Å²) in [6, 6.07) is 17.4. The highest BCUT2D eigenvalue weighted by molar-refractivity contribution is 7.92. The average molecular weight is 471 g/mol. The Labute approximate surface area is 194 Å². The minimum Gasteiger partial charge on any atom is -0.348 e. The molecule has 1 amide bonds. The Morgan fingerprint density at radius 1 is 0.906 bits per heavy atom. The summed E-state index contributed by atoms with van der Waals surface area (Å²) < 4.78 is 27.7. The molecule has 0 heterocycles. The summed E-state index contributed by atoms with van der Waals surface area (Å²) in [6.45, 7) is 6.46. The van der Waals surface area contributed by atoms with E-state index in [9.17, 15) is 13.2 Å². The number of benzene rings is 3. The van der Waals surface area contributed by atoms with Gasteiger partial charge in [-0.15, -0.1) is 0 Å². The largest absolute Gasteiger partial charge is 0.348 e. The number of halogens is 1. The van der Waals surface area contributed by atoms with Crippen LogP contribution in [-0.2, 0) is 29.4 Å². The smallest absolute Gasteiger partial charge is 0.261 e. The molecule has 0 aromatic heterocycles. The van der Waals surface area contributed by atoms with E-state index < -0.39 is 10.0 Å². The molecule has 3 aromatic rings. The van der Waals surface area contributed by atoms with E-state index >= 15 is 0 Å². The zero-order valence-electron chi connectivity index (χ0n) is 18.4. The summed E-state index contributed by atoms with van der Waals surface area (Å²) in [6.07, 6.45) is 1.81. The Hall–Kier alpha value is -2.83. The number of carbonyl (C=O) groups is 1. The fraction of sp³-hybridized carbons (Fsp3) is 0.240. The SMILES string of the molecule is CCc1ccc(CC)c(CNC(=O)c2ccc(NS(=O)(=O)c3ccc(C)cc3)cc2Cl)c1. The van der Waals surface area contributed by atoms with Crippen LogP contribution in [-0.4, -0.2) is 14.3 Å². The summed E-state index contributed by atoms with van der Waals surface area (Å²) in [5.41, 5.74) is 5.03. The van der Waals surface area contributed by atoms with Gasteiger partial charge >= 0.3 is 0 Å². The summed E-state index contributed by atoms with van der Waals surface area (Å²) in [7, 11) is -3.75. The molecule has 0 unspecified atom stereocenters. The monoisotopic (exact) mass is 470 g/mol. The quantitative estimate of drug-likeness (QED) is 0.456. The van der Waals surface area contributed by atoms with Crippen molar-refractivity contribution >= 4 is 33.2 Å². The molecule has 0 bridgehead atoms. The lowest BCUT2D eigenvalue weighted by Crippen LogP contribution is -2.24. The number of carbonyl (C=O) groups excluding carboxylic acids is 1. The van der Waals surface area contributed by atoms with Crippen LogP contribution in [0.3, 0.4) is 0 Å². The second-order valence-corrected chi connectivity index (χ2v) is 9.70. The first kappa shape index (κ1) is 23.8. The van der Waals surface area contributed by atoms with Gasteiger partial charge in [0.05, 0.1) is 21.2 Å². The second-order valence-electron chi connectivity index (χ2n) is 7.61. The van der Waals surface area contributed by atoms with Crippen LogP contribution in [0, 0.1) is 6.92 Å². The third kappa shape index (κ3) is 5.69. The molecule has 0 fully saturated rings. The maximum Gasteiger partial charge on any atom is 0.261 e. The third-order valence-electron chi connectivity index (χ3n) is 5.30. The van der Waals surface area contributed by atoms with Crippen molar-refractivity contribution < 1.29 is 13.2 Å². The van der Waals surface area contributed by atoms with Crippen LogP contribution in [0.15, 0.2) is 65.6 Å². The molecule has 0 aliphatic carbocycles. The molecular weight excluding hydrogens is 444 g/mol. The third-order valence-corrected chi connectivity index (χ3v) is 7.01. The first-order valence-electron chi connectivity index (χ1n) is 10.5. The van der Waals surface area contributed by atoms with Crippen molar-refractivity contribution in [3.8, 4) is 0 Å². The van der Waals surface area contributed by atoms with E-state index in [0.717, 1.165) is 24.0 Å². The Balaban J connectivity index is 1.72. The van der Waals surface area contributed by atoms with Crippen molar-refractivity contribution in [1.29, 1.82) is 0 Å². The molecule has 0 aliphatic heterocycles. The van der Waals surface area contributed by atoms with Gasteiger partial charge in [0, 0.05) is 6.54 Å². The zero-order chi connectivity index (χ0) is 23.3. The lowest BCUT2D eigenvalue weighted by molar-refractivity contribution is 0.0951. The Kier molecular flexibility index (Phi) is 7.59. The molecule has 7 heteroatoms. The Morgan fingerprint density at radius 3 is 2.25 bits per heavy atom. The Morgan fingerprint density at radius 2 is 1.62 bits per heavy atom. The van der Waals surface area contributed by atoms with E-state index in [1.165, 1.54) is 29.3 Å². The van der Waals surface area contributed by atoms with Gasteiger partial charge in [0.25, 0.3) is 15.9 Å². The van der Waals surface area contributed by atoms with Crippen LogP contribution in [0.5, 0.6) is 0 Å². The molecule has 0 atom stereocenters. The molecule has 32 heavy (non-hydrogen) atoms. The van der Waals surface area contributed by atoms with Gasteiger partial charge in [-0.2, -0.15) is 0 Å². The molecule has 3 aromatic carbocycles. The van der Waals surface area contributed by atoms with Gasteiger partial charge in [-0.05, 0) is 66.8 Å². The number of amides is 1. The van der Waals surface area contributed by atoms with Crippen LogP contribution in [0.4, 0.5) is 5.69 Å². The van der Waals surface area contributed by atoms with Crippen molar-refractivity contribution in [2.45, 2.75) is 45.1 Å². The zero-order valence-corrected chi connectivity index (χ0v) is 20.0. The molecule has 0 aliphatic rings. The number of hydrogen-bond donors (Lipinski definition) is 2. The number of anilines is 1. The van der Waals surface area contributed by atoms with Gasteiger partial charge in [0.2, 0.25) is 0 Å². The van der Waals surface area contributed by atoms with Crippen LogP contribution < -0.4 is 10.0 Å². The van der Waals surface area contributed by atoms with Gasteiger partial charge in [-0.25, -0.2) is 8.42 Å². The van der Waals surface area contributed by atoms with E-state index in [1.54, 1.807) is 24.3 Å². The Bertz CT molecular complexity index is 1220. The molecule has 168 valence electrons. The van der Waals surface area contributed by atoms with Gasteiger partial charge in [-0.3, -0.25) is 9.52 Å². The summed E-state index contributed by atoms with van der Waals surface area (Å²) >= 11 is 6.31. The predicted molar refractivity (Wildman–Crippen MR) is 130 cm³/mol. The first-order valence-corrected chi connectivity index (χ1v) is 12.4. The molecule has 0 saturated carbocycles. The second kappa shape index (κ2) is 10.2. The molecule has 2 N–H and O–H groups in total. The highest BCUT2D eigenvalue weighted by Gasteiger charge is 2.16. The van der Waals surface area contributed by atoms with Crippen LogP contribution in [0.1, 0.15) is 46.5 Å². The minimum absolute atomic E-state index is 0.155. The maximum atomic E-state index is 12.7. The number of nitrogens with one attached hydrogen (secondary N) is 2. The van der Waals surface area contributed by atoms with E-state index in [2.05, 4.69) is 42.1 Å². The summed E-state index contributed by atoms with van der Waals surface area (Å²) in [5, 5.41) is 3.09. The molecular formula is C25H27ClN2O3S. The first-order chi connectivity index (χ1) is 15.2. The van der Waals surface area contributed by atoms with Crippen LogP contribution in [0.2, 0.25) is 5.02 Å². The van der Waals surface area contributed by atoms with Crippen molar-refractivity contribution in [3.63, 3.8) is 0 Å². The van der Waals surface area contributed by atoms with Gasteiger partial charge < -0.3 is 5.32 Å². The van der Waals surface area contributed by atoms with Gasteiger partial charge in [-0.1, -0.05) is 61.3 Å². The molecule has 3 rings (SSSR count). The standard InChI is InChI=1S/C25H27ClN2O3S/c1-4-18-8-9-19(5-2)20(14-18)16-27-25(29)23-13-10-21(15-24(23)26)28-32(30,31)22-11-6-17(3)7-12-22/h6-15,28H,4-5,16H2,1-3H3,(H,27,29). The lowest BCUT2D eigenvalue weighted by Gasteiger charge is -2.13. The minimum atomic E-state index is -3.75. The molecule has 0 spiro atoms. The van der Waals surface area contributed by atoms with E-state index in [0.29, 0.717) is 6.54 Å². The van der Waals surface area contributed by atoms with Crippen LogP contribution >= 0.6 is 11.6 Å². The number of rotatable bonds is 8. The normalized spacial score (nSPS) is 11.2. The van der Waals surface area contributed by atoms with Crippen molar-refractivity contribution in [3.05, 3.63) is 93.5 Å². The summed E-state index contributed by atoms with van der Waals surface area (Å²) in [5.74, 6) is -0.313. The number of sulfonamides is 1. The van der Waals surface area contributed by atoms with Crippen molar-refractivity contribution in [2.24, 2.45) is 0 Å². The van der Waals surface area contributed by atoms with Crippen LogP contribution in [0.25, 0.3) is 0 Å². The fourth-order valence-corrected chi connectivity index (χ4v) is 4.69. The topological polar surface area (TPSA) is 75.3 Å². The van der Waals surface area contributed by atoms with Crippen molar-refractivity contribution in [2.75, 3.05) is 4.72 Å².